The third-order valence-electron chi connectivity index (χ3n) is 10.9. The number of hydrogen-bond donors (Lipinski definition) is 4. The Balaban J connectivity index is 1.23. The van der Waals surface area contributed by atoms with Crippen LogP contribution in [0, 0.1) is 8.99 Å². The normalized spacial score (nSPS) is 27.7. The van der Waals surface area contributed by atoms with E-state index in [1.54, 1.807) is 20.8 Å². The molecule has 0 spiro atoms. The lowest BCUT2D eigenvalue weighted by Gasteiger charge is -2.49. The lowest BCUT2D eigenvalue weighted by atomic mass is 9.62. The fourth-order valence-electron chi connectivity index (χ4n) is 8.35. The van der Waals surface area contributed by atoms with Crippen LogP contribution in [0.3, 0.4) is 0 Å². The van der Waals surface area contributed by atoms with Gasteiger partial charge in [0.25, 0.3) is 0 Å². The van der Waals surface area contributed by atoms with Crippen LogP contribution in [0.5, 0.6) is 0 Å². The molecule has 4 fully saturated rings. The molecule has 3 aromatic rings. The van der Waals surface area contributed by atoms with Gasteiger partial charge in [0, 0.05) is 27.5 Å². The van der Waals surface area contributed by atoms with E-state index in [2.05, 4.69) is 33.2 Å². The standard InChI is InChI=1S/C42H48IN3O11/c1-24(48)32(37(50)44-28(23-47)19-20-31(49)54-40(2,3)4)45-39(52)41-21-30-33-34(56-42(55-33,26-14-7-5-8-15-26)27-16-9-6-10-17-27)36(41)57-46(35(41)38(51)53-30)22-25-13-11-12-18-29(25)43/h5-18,24,28,30,32-36,47-48H,19-23H2,1-4H3,(H,44,50)(H,45,52). The molecule has 57 heavy (non-hydrogen) atoms. The van der Waals surface area contributed by atoms with Crippen molar-refractivity contribution in [2.45, 2.75) is 114 Å². The van der Waals surface area contributed by atoms with Crippen LogP contribution >= 0.6 is 22.6 Å². The Morgan fingerprint density at radius 1 is 0.947 bits per heavy atom. The van der Waals surface area contributed by atoms with Crippen LogP contribution in [-0.2, 0) is 55.3 Å². The number of ether oxygens (including phenoxy) is 4. The molecule has 14 nitrogen and oxygen atoms in total. The SMILES string of the molecule is CC(O)C(NC(=O)C12CC3OC(=O)C1N(Cc1ccccc1I)OC2C1OC(c2ccccc2)(c2ccccc2)OC31)C(=O)NC(CO)CCC(=O)OC(C)(C)C. The molecule has 3 saturated heterocycles. The second-order valence-corrected chi connectivity index (χ2v) is 17.2. The largest absolute Gasteiger partial charge is 0.460 e. The van der Waals surface area contributed by atoms with Gasteiger partial charge in [0.1, 0.15) is 41.5 Å². The summed E-state index contributed by atoms with van der Waals surface area (Å²) in [6.45, 7) is 6.16. The number of hydrogen-bond acceptors (Lipinski definition) is 12. The number of nitrogens with zero attached hydrogens (tertiary/aromatic N) is 1. The molecule has 4 N–H and O–H groups in total. The zero-order valence-corrected chi connectivity index (χ0v) is 34.3. The van der Waals surface area contributed by atoms with E-state index in [-0.39, 0.29) is 25.8 Å². The molecule has 0 aromatic heterocycles. The number of carbonyl (C=O) groups is 4. The summed E-state index contributed by atoms with van der Waals surface area (Å²) in [7, 11) is 0. The first-order valence-electron chi connectivity index (χ1n) is 19.1. The van der Waals surface area contributed by atoms with Gasteiger partial charge in [-0.25, -0.2) is 0 Å². The van der Waals surface area contributed by atoms with E-state index in [4.69, 9.17) is 23.8 Å². The Morgan fingerprint density at radius 3 is 2.16 bits per heavy atom. The number of nitrogens with one attached hydrogen (secondary N) is 2. The van der Waals surface area contributed by atoms with E-state index in [1.807, 2.05) is 84.9 Å². The van der Waals surface area contributed by atoms with Crippen LogP contribution in [0.2, 0.25) is 0 Å². The predicted molar refractivity (Wildman–Crippen MR) is 211 cm³/mol. The van der Waals surface area contributed by atoms with Crippen LogP contribution < -0.4 is 10.6 Å². The molecule has 9 unspecified atom stereocenters. The highest BCUT2D eigenvalue weighted by atomic mass is 127. The van der Waals surface area contributed by atoms with Crippen LogP contribution in [0.4, 0.5) is 0 Å². The van der Waals surface area contributed by atoms with E-state index in [1.165, 1.54) is 12.0 Å². The average molecular weight is 898 g/mol. The van der Waals surface area contributed by atoms with E-state index < -0.39 is 95.8 Å². The maximum atomic E-state index is 15.1. The summed E-state index contributed by atoms with van der Waals surface area (Å²) in [6.07, 6.45) is -5.34. The first-order chi connectivity index (χ1) is 27.2. The van der Waals surface area contributed by atoms with Crippen molar-refractivity contribution in [2.75, 3.05) is 6.61 Å². The Hall–Kier alpha value is -3.97. The number of aliphatic hydroxyl groups is 2. The van der Waals surface area contributed by atoms with Crippen molar-refractivity contribution in [3.05, 3.63) is 105 Å². The quantitative estimate of drug-likeness (QED) is 0.146. The second-order valence-electron chi connectivity index (χ2n) is 16.0. The maximum absolute atomic E-state index is 15.1. The highest BCUT2D eigenvalue weighted by Gasteiger charge is 2.76. The average Bonchev–Trinajstić information content (AvgIpc) is 3.76. The van der Waals surface area contributed by atoms with Gasteiger partial charge < -0.3 is 39.8 Å². The summed E-state index contributed by atoms with van der Waals surface area (Å²) in [5.41, 5.74) is -0.169. The fourth-order valence-corrected chi connectivity index (χ4v) is 8.91. The lowest BCUT2D eigenvalue weighted by molar-refractivity contribution is -0.213. The summed E-state index contributed by atoms with van der Waals surface area (Å²) in [4.78, 5) is 62.3. The molecular formula is C42H48IN3O11. The van der Waals surface area contributed by atoms with Crippen molar-refractivity contribution in [1.82, 2.24) is 15.7 Å². The second kappa shape index (κ2) is 16.4. The molecule has 3 aliphatic heterocycles. The van der Waals surface area contributed by atoms with Gasteiger partial charge in [-0.1, -0.05) is 78.9 Å². The minimum Gasteiger partial charge on any atom is -0.460 e. The number of rotatable bonds is 13. The molecule has 0 radical (unpaired) electrons. The summed E-state index contributed by atoms with van der Waals surface area (Å²) < 4.78 is 26.3. The zero-order chi connectivity index (χ0) is 40.7. The summed E-state index contributed by atoms with van der Waals surface area (Å²) >= 11 is 2.20. The van der Waals surface area contributed by atoms with Crippen LogP contribution in [0.25, 0.3) is 0 Å². The van der Waals surface area contributed by atoms with Crippen molar-refractivity contribution >= 4 is 46.3 Å². The highest BCUT2D eigenvalue weighted by Crippen LogP contribution is 2.59. The molecule has 7 rings (SSSR count). The van der Waals surface area contributed by atoms with Gasteiger partial charge in [-0.2, -0.15) is 5.06 Å². The summed E-state index contributed by atoms with van der Waals surface area (Å²) in [5.74, 6) is -4.18. The summed E-state index contributed by atoms with van der Waals surface area (Å²) in [5, 5.41) is 27.9. The molecule has 9 atom stereocenters. The van der Waals surface area contributed by atoms with Gasteiger partial charge in [0.05, 0.1) is 25.3 Å². The smallest absolute Gasteiger partial charge is 0.327 e. The monoisotopic (exact) mass is 897 g/mol. The number of fused-ring (bicyclic) bond motifs is 4. The first kappa shape index (κ1) is 41.2. The van der Waals surface area contributed by atoms with Crippen molar-refractivity contribution in [3.63, 3.8) is 0 Å². The molecule has 1 saturated carbocycles. The Kier molecular flexibility index (Phi) is 11.8. The van der Waals surface area contributed by atoms with Gasteiger partial charge in [-0.3, -0.25) is 24.0 Å². The maximum Gasteiger partial charge on any atom is 0.327 e. The van der Waals surface area contributed by atoms with Gasteiger partial charge in [0.15, 0.2) is 6.04 Å². The number of hydroxylamine groups is 2. The lowest BCUT2D eigenvalue weighted by Crippen LogP contribution is -2.71. The molecule has 1 aliphatic carbocycles. The predicted octanol–water partition coefficient (Wildman–Crippen LogP) is 3.24. The third kappa shape index (κ3) is 7.94. The van der Waals surface area contributed by atoms with E-state index in [0.29, 0.717) is 11.1 Å². The number of aliphatic hydroxyl groups excluding tert-OH is 2. The molecule has 2 amide bonds. The number of amides is 2. The summed E-state index contributed by atoms with van der Waals surface area (Å²) in [6, 6.07) is 22.7. The first-order valence-corrected chi connectivity index (χ1v) is 20.2. The zero-order valence-electron chi connectivity index (χ0n) is 32.1. The van der Waals surface area contributed by atoms with Gasteiger partial charge in [-0.15, -0.1) is 0 Å². The van der Waals surface area contributed by atoms with E-state index in [9.17, 15) is 24.6 Å². The topological polar surface area (TPSA) is 182 Å². The molecular weight excluding hydrogens is 849 g/mol. The van der Waals surface area contributed by atoms with E-state index >= 15 is 4.79 Å². The van der Waals surface area contributed by atoms with Gasteiger partial charge in [0.2, 0.25) is 17.6 Å². The number of benzene rings is 3. The van der Waals surface area contributed by atoms with Crippen molar-refractivity contribution in [3.8, 4) is 0 Å². The molecule has 3 heterocycles. The van der Waals surface area contributed by atoms with Crippen molar-refractivity contribution in [1.29, 1.82) is 0 Å². The van der Waals surface area contributed by atoms with Crippen molar-refractivity contribution in [2.24, 2.45) is 5.41 Å². The Labute approximate surface area is 344 Å². The number of carbonyl (C=O) groups excluding carboxylic acids is 4. The van der Waals surface area contributed by atoms with Crippen molar-refractivity contribution < 1.29 is 53.2 Å². The van der Waals surface area contributed by atoms with E-state index in [0.717, 1.165) is 9.13 Å². The van der Waals surface area contributed by atoms with Crippen LogP contribution in [-0.4, -0.2) is 99.9 Å². The molecule has 304 valence electrons. The molecule has 3 aromatic carbocycles. The minimum absolute atomic E-state index is 0.0320. The number of halogens is 1. The molecule has 2 bridgehead atoms. The Bertz CT molecular complexity index is 1920. The molecule has 4 aliphatic rings. The minimum atomic E-state index is -1.67. The van der Waals surface area contributed by atoms with Crippen LogP contribution in [0.1, 0.15) is 63.6 Å². The molecule has 15 heteroatoms. The fraction of sp³-hybridized carbons (Fsp3) is 0.476. The van der Waals surface area contributed by atoms with Crippen LogP contribution in [0.15, 0.2) is 84.9 Å². The third-order valence-corrected chi connectivity index (χ3v) is 12.0. The number of esters is 2. The Morgan fingerprint density at radius 2 is 1.56 bits per heavy atom. The van der Waals surface area contributed by atoms with Gasteiger partial charge in [-0.05, 0) is 68.3 Å². The highest BCUT2D eigenvalue weighted by molar-refractivity contribution is 14.1. The van der Waals surface area contributed by atoms with Gasteiger partial charge >= 0.3 is 11.9 Å².